The second-order valence-electron chi connectivity index (χ2n) is 8.56. The number of aromatic nitrogens is 1. The fourth-order valence-electron chi connectivity index (χ4n) is 2.48. The van der Waals surface area contributed by atoms with Crippen molar-refractivity contribution in [3.05, 3.63) is 34.6 Å². The van der Waals surface area contributed by atoms with E-state index in [2.05, 4.69) is 9.71 Å². The number of ether oxygens (including phenoxy) is 1. The van der Waals surface area contributed by atoms with Crippen LogP contribution in [-0.4, -0.2) is 31.0 Å². The number of fused-ring (bicyclic) bond motifs is 1. The molecule has 9 heteroatoms. The number of halogens is 2. The van der Waals surface area contributed by atoms with Crippen molar-refractivity contribution < 1.29 is 17.9 Å². The van der Waals surface area contributed by atoms with Crippen molar-refractivity contribution in [2.75, 3.05) is 0 Å². The van der Waals surface area contributed by atoms with Crippen LogP contribution in [0.15, 0.2) is 29.3 Å². The Kier molecular flexibility index (Phi) is 6.36. The number of sulfonamides is 1. The van der Waals surface area contributed by atoms with Gasteiger partial charge in [-0.2, -0.15) is 4.72 Å². The van der Waals surface area contributed by atoms with Crippen molar-refractivity contribution in [2.45, 2.75) is 58.1 Å². The number of esters is 1. The number of nitrogens with one attached hydrogen (secondary N) is 1. The second kappa shape index (κ2) is 7.78. The number of carbonyl (C=O) groups excluding carboxylic acids is 1. The summed E-state index contributed by atoms with van der Waals surface area (Å²) in [5, 5.41) is 1.48. The number of hydrogen-bond donors (Lipinski definition) is 1. The lowest BCUT2D eigenvalue weighted by Crippen LogP contribution is -2.51. The van der Waals surface area contributed by atoms with E-state index in [0.717, 1.165) is 0 Å². The standard InChI is InChI=1S/C19H24Cl2N2O4S/c1-18(2,3)15(17(24)27-19(4,5)6)23-28(25,26)11-7-8-12-13(9-11)16(21)22-10-14(12)20/h7-10,15,23H,1-6H3/t15-/m1/s1. The molecule has 0 radical (unpaired) electrons. The van der Waals surface area contributed by atoms with Crippen LogP contribution in [0.1, 0.15) is 41.5 Å². The Bertz CT molecular complexity index is 1010. The van der Waals surface area contributed by atoms with Gasteiger partial charge in [0.2, 0.25) is 10.0 Å². The van der Waals surface area contributed by atoms with Crippen LogP contribution >= 0.6 is 23.2 Å². The molecule has 0 fully saturated rings. The first-order valence-electron chi connectivity index (χ1n) is 8.61. The summed E-state index contributed by atoms with van der Waals surface area (Å²) >= 11 is 12.2. The van der Waals surface area contributed by atoms with E-state index in [1.165, 1.54) is 18.3 Å². The molecule has 0 spiro atoms. The van der Waals surface area contributed by atoms with Gasteiger partial charge in [-0.1, -0.05) is 50.0 Å². The number of hydrogen-bond acceptors (Lipinski definition) is 5. The van der Waals surface area contributed by atoms with Gasteiger partial charge in [0.15, 0.2) is 0 Å². The fourth-order valence-corrected chi connectivity index (χ4v) is 4.32. The van der Waals surface area contributed by atoms with E-state index in [0.29, 0.717) is 15.8 Å². The summed E-state index contributed by atoms with van der Waals surface area (Å²) in [5.41, 5.74) is -1.46. The van der Waals surface area contributed by atoms with Crippen molar-refractivity contribution in [3.8, 4) is 0 Å². The summed E-state index contributed by atoms with van der Waals surface area (Å²) < 4.78 is 33.8. The van der Waals surface area contributed by atoms with Crippen molar-refractivity contribution in [3.63, 3.8) is 0 Å². The van der Waals surface area contributed by atoms with E-state index in [1.807, 2.05) is 0 Å². The van der Waals surface area contributed by atoms with Gasteiger partial charge in [-0.15, -0.1) is 0 Å². The Morgan fingerprint density at radius 2 is 1.71 bits per heavy atom. The van der Waals surface area contributed by atoms with Gasteiger partial charge in [0.05, 0.1) is 9.92 Å². The summed E-state index contributed by atoms with van der Waals surface area (Å²) in [4.78, 5) is 16.5. The normalized spacial score (nSPS) is 14.1. The lowest BCUT2D eigenvalue weighted by Gasteiger charge is -2.32. The predicted molar refractivity (Wildman–Crippen MR) is 111 cm³/mol. The average molecular weight is 447 g/mol. The molecule has 1 aromatic heterocycles. The molecular formula is C19H24Cl2N2O4S. The van der Waals surface area contributed by atoms with Gasteiger partial charge >= 0.3 is 5.97 Å². The lowest BCUT2D eigenvalue weighted by atomic mass is 9.87. The first-order chi connectivity index (χ1) is 12.6. The largest absolute Gasteiger partial charge is 0.459 e. The number of pyridine rings is 1. The molecule has 0 aliphatic carbocycles. The quantitative estimate of drug-likeness (QED) is 0.548. The van der Waals surface area contributed by atoms with E-state index >= 15 is 0 Å². The Morgan fingerprint density at radius 1 is 1.11 bits per heavy atom. The molecule has 0 aliphatic heterocycles. The van der Waals surface area contributed by atoms with Crippen LogP contribution in [0.5, 0.6) is 0 Å². The summed E-state index contributed by atoms with van der Waals surface area (Å²) in [5.74, 6) is -0.646. The van der Waals surface area contributed by atoms with Gasteiger partial charge in [0.25, 0.3) is 0 Å². The highest BCUT2D eigenvalue weighted by molar-refractivity contribution is 7.89. The van der Waals surface area contributed by atoms with E-state index < -0.39 is 33.1 Å². The van der Waals surface area contributed by atoms with Gasteiger partial charge in [0, 0.05) is 17.0 Å². The fraction of sp³-hybridized carbons (Fsp3) is 0.474. The zero-order valence-electron chi connectivity index (χ0n) is 16.6. The molecule has 154 valence electrons. The molecule has 0 bridgehead atoms. The third-order valence-electron chi connectivity index (χ3n) is 3.85. The number of rotatable bonds is 4. The summed E-state index contributed by atoms with van der Waals surface area (Å²) in [6.07, 6.45) is 1.40. The third-order valence-corrected chi connectivity index (χ3v) is 5.88. The van der Waals surface area contributed by atoms with Crippen molar-refractivity contribution in [1.82, 2.24) is 9.71 Å². The highest BCUT2D eigenvalue weighted by Gasteiger charge is 2.38. The molecule has 0 saturated heterocycles. The lowest BCUT2D eigenvalue weighted by molar-refractivity contribution is -0.159. The molecule has 6 nitrogen and oxygen atoms in total. The Labute approximate surface area is 175 Å². The summed E-state index contributed by atoms with van der Waals surface area (Å²) in [7, 11) is -4.04. The Balaban J connectivity index is 2.46. The highest BCUT2D eigenvalue weighted by Crippen LogP contribution is 2.30. The van der Waals surface area contributed by atoms with Crippen LogP contribution in [0, 0.1) is 5.41 Å². The zero-order valence-corrected chi connectivity index (χ0v) is 19.0. The molecule has 1 N–H and O–H groups in total. The molecule has 0 aliphatic rings. The minimum atomic E-state index is -4.04. The third kappa shape index (κ3) is 5.35. The molecule has 0 amide bonds. The first kappa shape index (κ1) is 22.9. The van der Waals surface area contributed by atoms with Crippen LogP contribution in [0.3, 0.4) is 0 Å². The van der Waals surface area contributed by atoms with Crippen LogP contribution in [0.4, 0.5) is 0 Å². The number of benzene rings is 1. The maximum Gasteiger partial charge on any atom is 0.325 e. The summed E-state index contributed by atoms with van der Waals surface area (Å²) in [6.45, 7) is 10.4. The second-order valence-corrected chi connectivity index (χ2v) is 11.0. The topological polar surface area (TPSA) is 85.4 Å². The SMILES string of the molecule is CC(C)(C)OC(=O)[C@@H](NS(=O)(=O)c1ccc2c(Cl)cnc(Cl)c2c1)C(C)(C)C. The predicted octanol–water partition coefficient (Wildman–Crippen LogP) is 4.58. The minimum absolute atomic E-state index is 0.0521. The van der Waals surface area contributed by atoms with Crippen LogP contribution in [-0.2, 0) is 19.6 Å². The number of nitrogens with zero attached hydrogens (tertiary/aromatic N) is 1. The molecule has 0 unspecified atom stereocenters. The van der Waals surface area contributed by atoms with Crippen molar-refractivity contribution in [2.24, 2.45) is 5.41 Å². The van der Waals surface area contributed by atoms with Gasteiger partial charge < -0.3 is 4.74 Å². The number of carbonyl (C=O) groups is 1. The minimum Gasteiger partial charge on any atom is -0.459 e. The molecule has 2 rings (SSSR count). The smallest absolute Gasteiger partial charge is 0.325 e. The van der Waals surface area contributed by atoms with Crippen LogP contribution in [0.2, 0.25) is 10.2 Å². The van der Waals surface area contributed by atoms with Crippen LogP contribution in [0.25, 0.3) is 10.8 Å². The van der Waals surface area contributed by atoms with Gasteiger partial charge in [-0.25, -0.2) is 13.4 Å². The first-order valence-corrected chi connectivity index (χ1v) is 10.8. The van der Waals surface area contributed by atoms with Gasteiger partial charge in [-0.3, -0.25) is 4.79 Å². The van der Waals surface area contributed by atoms with Crippen molar-refractivity contribution in [1.29, 1.82) is 0 Å². The Morgan fingerprint density at radius 3 is 2.25 bits per heavy atom. The molecule has 0 saturated carbocycles. The molecule has 1 heterocycles. The maximum absolute atomic E-state index is 13.0. The maximum atomic E-state index is 13.0. The van der Waals surface area contributed by atoms with Crippen molar-refractivity contribution >= 4 is 50.0 Å². The average Bonchev–Trinajstić information content (AvgIpc) is 2.53. The van der Waals surface area contributed by atoms with E-state index in [9.17, 15) is 13.2 Å². The van der Waals surface area contributed by atoms with E-state index in [1.54, 1.807) is 47.6 Å². The summed E-state index contributed by atoms with van der Waals surface area (Å²) in [6, 6.07) is 3.26. The highest BCUT2D eigenvalue weighted by atomic mass is 35.5. The molecular weight excluding hydrogens is 423 g/mol. The van der Waals surface area contributed by atoms with Gasteiger partial charge in [0.1, 0.15) is 16.8 Å². The van der Waals surface area contributed by atoms with Gasteiger partial charge in [-0.05, 0) is 38.3 Å². The molecule has 1 atom stereocenters. The monoisotopic (exact) mass is 446 g/mol. The molecule has 2 aromatic rings. The zero-order chi connectivity index (χ0) is 21.5. The van der Waals surface area contributed by atoms with E-state index in [4.69, 9.17) is 27.9 Å². The van der Waals surface area contributed by atoms with Crippen LogP contribution < -0.4 is 4.72 Å². The molecule has 28 heavy (non-hydrogen) atoms. The molecule has 1 aromatic carbocycles. The Hall–Kier alpha value is -1.41. The van der Waals surface area contributed by atoms with E-state index in [-0.39, 0.29) is 10.0 Å².